The molecule has 158 valence electrons. The van der Waals surface area contributed by atoms with Crippen molar-refractivity contribution in [3.8, 4) is 0 Å². The van der Waals surface area contributed by atoms with E-state index in [0.29, 0.717) is 13.0 Å². The van der Waals surface area contributed by atoms with Crippen molar-refractivity contribution in [3.63, 3.8) is 0 Å². The number of carbonyl (C=O) groups is 3. The van der Waals surface area contributed by atoms with Crippen LogP contribution in [0.4, 0.5) is 0 Å². The molecule has 0 bridgehead atoms. The lowest BCUT2D eigenvalue weighted by molar-refractivity contribution is -0.162. The van der Waals surface area contributed by atoms with Crippen molar-refractivity contribution in [2.24, 2.45) is 0 Å². The quantitative estimate of drug-likeness (QED) is 0.663. The van der Waals surface area contributed by atoms with Gasteiger partial charge in [-0.05, 0) is 17.2 Å². The van der Waals surface area contributed by atoms with Crippen LogP contribution < -0.4 is 0 Å². The number of nitrogens with one attached hydrogen (secondary N) is 1. The van der Waals surface area contributed by atoms with Crippen molar-refractivity contribution >= 4 is 28.7 Å². The third kappa shape index (κ3) is 3.26. The fourth-order valence-electron chi connectivity index (χ4n) is 4.82. The zero-order valence-corrected chi connectivity index (χ0v) is 17.2. The second kappa shape index (κ2) is 7.58. The van der Waals surface area contributed by atoms with Crippen LogP contribution in [0.3, 0.4) is 0 Å². The smallest absolute Gasteiger partial charge is 0.328 e. The fourth-order valence-corrected chi connectivity index (χ4v) is 4.82. The van der Waals surface area contributed by atoms with Crippen molar-refractivity contribution in [2.75, 3.05) is 20.2 Å². The maximum Gasteiger partial charge on any atom is 0.328 e. The molecule has 0 radical (unpaired) electrons. The number of esters is 1. The van der Waals surface area contributed by atoms with Crippen LogP contribution in [0.15, 0.2) is 54.6 Å². The first kappa shape index (κ1) is 19.4. The van der Waals surface area contributed by atoms with Crippen LogP contribution in [-0.4, -0.2) is 58.8 Å². The second-order valence-electron chi connectivity index (χ2n) is 8.06. The number of ether oxygens (including phenoxy) is 1. The number of para-hydroxylation sites is 1. The minimum absolute atomic E-state index is 0.0365. The third-order valence-corrected chi connectivity index (χ3v) is 6.28. The standard InChI is InChI=1S/C24H23N3O4/c1-31-24(30)19-12-17-16-9-5-6-10-18(16)25-23(17)20-13-26(14-22(29)27(19)20)21(28)11-15-7-3-2-4-8-15/h2-10,19-20,25H,11-14H2,1H3/t19-,20+/m0/s1. The summed E-state index contributed by atoms with van der Waals surface area (Å²) >= 11 is 0. The van der Waals surface area contributed by atoms with Crippen LogP contribution in [0.5, 0.6) is 0 Å². The molecule has 5 rings (SSSR count). The van der Waals surface area contributed by atoms with Crippen molar-refractivity contribution in [1.82, 2.24) is 14.8 Å². The number of carbonyl (C=O) groups excluding carboxylic acids is 3. The molecule has 0 unspecified atom stereocenters. The van der Waals surface area contributed by atoms with E-state index in [1.54, 1.807) is 9.80 Å². The average Bonchev–Trinajstić information content (AvgIpc) is 3.17. The molecule has 0 spiro atoms. The van der Waals surface area contributed by atoms with Gasteiger partial charge in [0, 0.05) is 29.6 Å². The third-order valence-electron chi connectivity index (χ3n) is 6.28. The van der Waals surface area contributed by atoms with Crippen LogP contribution in [-0.2, 0) is 32.0 Å². The van der Waals surface area contributed by atoms with Crippen molar-refractivity contribution in [2.45, 2.75) is 24.9 Å². The molecule has 1 fully saturated rings. The van der Waals surface area contributed by atoms with E-state index in [-0.39, 0.29) is 24.8 Å². The molecule has 1 aromatic heterocycles. The Bertz CT molecular complexity index is 1170. The number of benzene rings is 2. The highest BCUT2D eigenvalue weighted by Gasteiger charge is 2.47. The van der Waals surface area contributed by atoms with E-state index in [2.05, 4.69) is 4.98 Å². The number of hydrogen-bond acceptors (Lipinski definition) is 4. The number of aromatic amines is 1. The summed E-state index contributed by atoms with van der Waals surface area (Å²) in [6.45, 7) is 0.302. The Kier molecular flexibility index (Phi) is 4.73. The average molecular weight is 417 g/mol. The number of methoxy groups -OCH3 is 1. The van der Waals surface area contributed by atoms with Gasteiger partial charge >= 0.3 is 5.97 Å². The number of H-pyrrole nitrogens is 1. The Hall–Kier alpha value is -3.61. The molecule has 0 aliphatic carbocycles. The van der Waals surface area contributed by atoms with E-state index in [1.165, 1.54) is 7.11 Å². The first-order valence-electron chi connectivity index (χ1n) is 10.4. The van der Waals surface area contributed by atoms with Crippen molar-refractivity contribution < 1.29 is 19.1 Å². The molecule has 31 heavy (non-hydrogen) atoms. The van der Waals surface area contributed by atoms with Crippen LogP contribution >= 0.6 is 0 Å². The summed E-state index contributed by atoms with van der Waals surface area (Å²) in [5.74, 6) is -0.771. The summed E-state index contributed by atoms with van der Waals surface area (Å²) in [5, 5.41) is 1.03. The van der Waals surface area contributed by atoms with E-state index < -0.39 is 18.1 Å². The van der Waals surface area contributed by atoms with Gasteiger partial charge in [-0.3, -0.25) is 9.59 Å². The molecule has 0 saturated carbocycles. The number of piperazine rings is 1. The Balaban J connectivity index is 1.52. The largest absolute Gasteiger partial charge is 0.467 e. The molecule has 2 atom stereocenters. The maximum absolute atomic E-state index is 13.2. The van der Waals surface area contributed by atoms with Crippen LogP contribution in [0.25, 0.3) is 10.9 Å². The number of amides is 2. The maximum atomic E-state index is 13.2. The highest BCUT2D eigenvalue weighted by Crippen LogP contribution is 2.39. The lowest BCUT2D eigenvalue weighted by atomic mass is 9.89. The van der Waals surface area contributed by atoms with Gasteiger partial charge in [0.2, 0.25) is 11.8 Å². The van der Waals surface area contributed by atoms with Crippen LogP contribution in [0.1, 0.15) is 22.9 Å². The molecule has 2 aliphatic heterocycles. The zero-order valence-electron chi connectivity index (χ0n) is 17.2. The second-order valence-corrected chi connectivity index (χ2v) is 8.06. The molecule has 3 aromatic rings. The molecule has 7 heteroatoms. The number of rotatable bonds is 3. The summed E-state index contributed by atoms with van der Waals surface area (Å²) in [6, 6.07) is 16.3. The van der Waals surface area contributed by atoms with Gasteiger partial charge in [0.1, 0.15) is 6.04 Å². The molecule has 1 N–H and O–H groups in total. The van der Waals surface area contributed by atoms with Crippen LogP contribution in [0, 0.1) is 0 Å². The molecular formula is C24H23N3O4. The lowest BCUT2D eigenvalue weighted by Crippen LogP contribution is -2.61. The van der Waals surface area contributed by atoms with Crippen LogP contribution in [0.2, 0.25) is 0 Å². The monoisotopic (exact) mass is 417 g/mol. The SMILES string of the molecule is COC(=O)[C@@H]1Cc2c([nH]c3ccccc23)[C@H]2CN(C(=O)Cc3ccccc3)CC(=O)N21. The van der Waals surface area contributed by atoms with Gasteiger partial charge in [-0.25, -0.2) is 4.79 Å². The van der Waals surface area contributed by atoms with Crippen molar-refractivity contribution in [1.29, 1.82) is 0 Å². The number of hydrogen-bond donors (Lipinski definition) is 1. The molecule has 7 nitrogen and oxygen atoms in total. The summed E-state index contributed by atoms with van der Waals surface area (Å²) < 4.78 is 5.02. The van der Waals surface area contributed by atoms with Gasteiger partial charge in [0.15, 0.2) is 0 Å². The molecule has 1 saturated heterocycles. The minimum Gasteiger partial charge on any atom is -0.467 e. The molecule has 2 aromatic carbocycles. The highest BCUT2D eigenvalue weighted by molar-refractivity contribution is 5.93. The van der Waals surface area contributed by atoms with Gasteiger partial charge in [0.25, 0.3) is 0 Å². The molecule has 2 amide bonds. The highest BCUT2D eigenvalue weighted by atomic mass is 16.5. The van der Waals surface area contributed by atoms with Gasteiger partial charge in [-0.2, -0.15) is 0 Å². The normalized spacial score (nSPS) is 20.4. The predicted molar refractivity (Wildman–Crippen MR) is 114 cm³/mol. The summed E-state index contributed by atoms with van der Waals surface area (Å²) in [4.78, 5) is 45.4. The lowest BCUT2D eigenvalue weighted by Gasteiger charge is -2.46. The van der Waals surface area contributed by atoms with Gasteiger partial charge in [-0.15, -0.1) is 0 Å². The van der Waals surface area contributed by atoms with Gasteiger partial charge in [0.05, 0.1) is 26.1 Å². The fraction of sp³-hybridized carbons (Fsp3) is 0.292. The molecular weight excluding hydrogens is 394 g/mol. The van der Waals surface area contributed by atoms with Gasteiger partial charge < -0.3 is 19.5 Å². The van der Waals surface area contributed by atoms with Gasteiger partial charge in [-0.1, -0.05) is 48.5 Å². The Labute approximate surface area is 179 Å². The number of aromatic nitrogens is 1. The summed E-state index contributed by atoms with van der Waals surface area (Å²) in [7, 11) is 1.34. The first-order chi connectivity index (χ1) is 15.1. The Morgan fingerprint density at radius 1 is 1.10 bits per heavy atom. The minimum atomic E-state index is -0.694. The predicted octanol–water partition coefficient (Wildman–Crippen LogP) is 2.22. The summed E-state index contributed by atoms with van der Waals surface area (Å²) in [6.07, 6.45) is 0.632. The molecule has 3 heterocycles. The van der Waals surface area contributed by atoms with E-state index in [0.717, 1.165) is 27.7 Å². The number of fused-ring (bicyclic) bond motifs is 5. The van der Waals surface area contributed by atoms with E-state index in [9.17, 15) is 14.4 Å². The molecule has 2 aliphatic rings. The first-order valence-corrected chi connectivity index (χ1v) is 10.4. The topological polar surface area (TPSA) is 82.7 Å². The van der Waals surface area contributed by atoms with Crippen molar-refractivity contribution in [3.05, 3.63) is 71.4 Å². The zero-order chi connectivity index (χ0) is 21.5. The number of nitrogens with zero attached hydrogens (tertiary/aromatic N) is 2. The van der Waals surface area contributed by atoms with E-state index >= 15 is 0 Å². The van der Waals surface area contributed by atoms with E-state index in [4.69, 9.17) is 4.74 Å². The van der Waals surface area contributed by atoms with E-state index in [1.807, 2.05) is 54.6 Å². The Morgan fingerprint density at radius 2 is 1.84 bits per heavy atom. The Morgan fingerprint density at radius 3 is 2.61 bits per heavy atom. The summed E-state index contributed by atoms with van der Waals surface area (Å²) in [5.41, 5.74) is 3.77.